The maximum Gasteiger partial charge on any atom is 0.257 e. The summed E-state index contributed by atoms with van der Waals surface area (Å²) >= 11 is 0. The summed E-state index contributed by atoms with van der Waals surface area (Å²) in [6, 6.07) is 18.8. The Bertz CT molecular complexity index is 961. The van der Waals surface area contributed by atoms with Gasteiger partial charge >= 0.3 is 0 Å². The Hall–Kier alpha value is -2.50. The number of rotatable bonds is 7. The molecule has 168 valence electrons. The minimum absolute atomic E-state index is 0.0384. The number of fused-ring (bicyclic) bond motifs is 1. The minimum Gasteiger partial charge on any atom is -0.375 e. The number of piperidine rings is 1. The van der Waals surface area contributed by atoms with Crippen LogP contribution in [0.1, 0.15) is 48.5 Å². The monoisotopic (exact) mass is 432 g/mol. The number of carbonyl (C=O) groups is 2. The smallest absolute Gasteiger partial charge is 0.257 e. The van der Waals surface area contributed by atoms with E-state index in [9.17, 15) is 14.7 Å². The van der Waals surface area contributed by atoms with E-state index in [0.29, 0.717) is 17.4 Å². The summed E-state index contributed by atoms with van der Waals surface area (Å²) in [6.45, 7) is 3.59. The Labute approximate surface area is 189 Å². The summed E-state index contributed by atoms with van der Waals surface area (Å²) in [5.41, 5.74) is -0.0286. The van der Waals surface area contributed by atoms with Gasteiger partial charge in [-0.1, -0.05) is 73.5 Å². The quantitative estimate of drug-likeness (QED) is 0.658. The molecule has 5 rings (SSSR count). The highest BCUT2D eigenvalue weighted by atomic mass is 16.3. The molecule has 4 unspecified atom stereocenters. The molecule has 2 N–H and O–H groups in total. The number of nitrogens with zero attached hydrogens (tertiary/aromatic N) is 1. The van der Waals surface area contributed by atoms with Gasteiger partial charge in [0.15, 0.2) is 11.4 Å². The van der Waals surface area contributed by atoms with Crippen molar-refractivity contribution < 1.29 is 14.7 Å². The lowest BCUT2D eigenvalue weighted by molar-refractivity contribution is -0.147. The average molecular weight is 433 g/mol. The second kappa shape index (κ2) is 8.45. The van der Waals surface area contributed by atoms with Crippen LogP contribution in [-0.2, 0) is 10.4 Å². The van der Waals surface area contributed by atoms with Gasteiger partial charge < -0.3 is 10.4 Å². The number of hydrogen-bond acceptors (Lipinski definition) is 4. The van der Waals surface area contributed by atoms with Crippen LogP contribution >= 0.6 is 0 Å². The van der Waals surface area contributed by atoms with Crippen molar-refractivity contribution in [1.82, 2.24) is 10.2 Å². The zero-order valence-corrected chi connectivity index (χ0v) is 18.6. The van der Waals surface area contributed by atoms with E-state index in [0.717, 1.165) is 44.3 Å². The molecule has 2 aromatic carbocycles. The van der Waals surface area contributed by atoms with E-state index in [1.54, 1.807) is 0 Å². The molecule has 3 aliphatic rings. The molecule has 3 fully saturated rings. The zero-order chi connectivity index (χ0) is 22.3. The molecule has 5 atom stereocenters. The van der Waals surface area contributed by atoms with E-state index in [1.165, 1.54) is 0 Å². The van der Waals surface area contributed by atoms with Crippen LogP contribution in [0.4, 0.5) is 0 Å². The van der Waals surface area contributed by atoms with Crippen LogP contribution in [0.5, 0.6) is 0 Å². The van der Waals surface area contributed by atoms with Gasteiger partial charge in [-0.2, -0.15) is 0 Å². The first kappa shape index (κ1) is 21.4. The molecule has 0 bridgehead atoms. The fourth-order valence-corrected chi connectivity index (χ4v) is 5.95. The van der Waals surface area contributed by atoms with Gasteiger partial charge in [-0.05, 0) is 37.2 Å². The molecule has 1 aliphatic heterocycles. The van der Waals surface area contributed by atoms with Crippen LogP contribution < -0.4 is 5.32 Å². The molecule has 2 saturated carbocycles. The number of hydrogen-bond donors (Lipinski definition) is 2. The van der Waals surface area contributed by atoms with Crippen LogP contribution in [0.15, 0.2) is 60.7 Å². The summed E-state index contributed by atoms with van der Waals surface area (Å²) < 4.78 is 0. The van der Waals surface area contributed by atoms with E-state index in [2.05, 4.69) is 10.2 Å². The largest absolute Gasteiger partial charge is 0.375 e. The van der Waals surface area contributed by atoms with Gasteiger partial charge in [0.2, 0.25) is 0 Å². The Morgan fingerprint density at radius 1 is 0.969 bits per heavy atom. The number of likely N-dealkylation sites (tertiary alicyclic amines) is 1. The Morgan fingerprint density at radius 3 is 2.12 bits per heavy atom. The number of aliphatic hydroxyl groups is 1. The summed E-state index contributed by atoms with van der Waals surface area (Å²) in [4.78, 5) is 28.4. The second-order valence-electron chi connectivity index (χ2n) is 9.80. The maximum absolute atomic E-state index is 13.4. The van der Waals surface area contributed by atoms with Crippen molar-refractivity contribution >= 4 is 11.7 Å². The third-order valence-corrected chi connectivity index (χ3v) is 8.01. The maximum atomic E-state index is 13.4. The first-order valence-electron chi connectivity index (χ1n) is 11.9. The highest BCUT2D eigenvalue weighted by Gasteiger charge is 2.59. The van der Waals surface area contributed by atoms with Gasteiger partial charge in [0.1, 0.15) is 0 Å². The molecule has 0 spiro atoms. The number of Topliss-reactive ketones (excluding diaryl/α,β-unsaturated/α-hetero) is 1. The van der Waals surface area contributed by atoms with Crippen molar-refractivity contribution in [2.75, 3.05) is 13.1 Å². The molecule has 5 nitrogen and oxygen atoms in total. The predicted molar refractivity (Wildman–Crippen MR) is 123 cm³/mol. The normalized spacial score (nSPS) is 28.0. The van der Waals surface area contributed by atoms with Gasteiger partial charge in [-0.3, -0.25) is 14.5 Å². The standard InChI is InChI=1S/C27H32N2O3/c1-18(25(30)19-10-4-2-5-11-19)29-16-22-23(17-29)24(22)28-26(31)27(32,21-14-8-9-15-21)20-12-6-3-7-13-20/h2-7,10-13,18,21-24,32H,8-9,14-17H2,1H3,(H,28,31)/t18?,22-,23?,24?,27?/m0/s1. The van der Waals surface area contributed by atoms with E-state index in [4.69, 9.17) is 0 Å². The van der Waals surface area contributed by atoms with Crippen LogP contribution in [0.25, 0.3) is 0 Å². The molecule has 0 aromatic heterocycles. The van der Waals surface area contributed by atoms with Crippen molar-refractivity contribution in [3.63, 3.8) is 0 Å². The fourth-order valence-electron chi connectivity index (χ4n) is 5.95. The molecule has 1 saturated heterocycles. The topological polar surface area (TPSA) is 69.6 Å². The van der Waals surface area contributed by atoms with Crippen molar-refractivity contribution in [2.45, 2.75) is 50.3 Å². The van der Waals surface area contributed by atoms with E-state index >= 15 is 0 Å². The third-order valence-electron chi connectivity index (χ3n) is 8.01. The molecule has 2 aliphatic carbocycles. The molecular formula is C27H32N2O3. The highest BCUT2D eigenvalue weighted by molar-refractivity contribution is 5.99. The first-order chi connectivity index (χ1) is 15.5. The Morgan fingerprint density at radius 2 is 1.53 bits per heavy atom. The molecule has 2 aromatic rings. The predicted octanol–water partition coefficient (Wildman–Crippen LogP) is 3.38. The molecule has 0 radical (unpaired) electrons. The lowest BCUT2D eigenvalue weighted by atomic mass is 9.79. The van der Waals surface area contributed by atoms with E-state index in [1.807, 2.05) is 67.6 Å². The van der Waals surface area contributed by atoms with Crippen LogP contribution in [0.2, 0.25) is 0 Å². The second-order valence-corrected chi connectivity index (χ2v) is 9.80. The number of ketones is 1. The lowest BCUT2D eigenvalue weighted by Crippen LogP contribution is -2.51. The fraction of sp³-hybridized carbons (Fsp3) is 0.481. The summed E-state index contributed by atoms with van der Waals surface area (Å²) in [7, 11) is 0. The van der Waals surface area contributed by atoms with E-state index in [-0.39, 0.29) is 29.7 Å². The van der Waals surface area contributed by atoms with Crippen LogP contribution in [0.3, 0.4) is 0 Å². The highest BCUT2D eigenvalue weighted by Crippen LogP contribution is 2.48. The summed E-state index contributed by atoms with van der Waals surface area (Å²) in [6.07, 6.45) is 3.88. The molecular weight excluding hydrogens is 400 g/mol. The van der Waals surface area contributed by atoms with Crippen LogP contribution in [0, 0.1) is 17.8 Å². The molecule has 5 heteroatoms. The molecule has 1 heterocycles. The summed E-state index contributed by atoms with van der Waals surface area (Å²) in [5, 5.41) is 14.9. The third kappa shape index (κ3) is 3.67. The van der Waals surface area contributed by atoms with Crippen molar-refractivity contribution in [3.05, 3.63) is 71.8 Å². The van der Waals surface area contributed by atoms with Gasteiger partial charge in [-0.15, -0.1) is 0 Å². The lowest BCUT2D eigenvalue weighted by Gasteiger charge is -2.34. The van der Waals surface area contributed by atoms with Crippen LogP contribution in [-0.4, -0.2) is 46.9 Å². The molecule has 32 heavy (non-hydrogen) atoms. The molecule has 1 amide bonds. The minimum atomic E-state index is -1.47. The van der Waals surface area contributed by atoms with Gasteiger partial charge in [-0.25, -0.2) is 0 Å². The number of amides is 1. The average Bonchev–Trinajstić information content (AvgIpc) is 3.26. The zero-order valence-electron chi connectivity index (χ0n) is 18.6. The number of carbonyl (C=O) groups excluding carboxylic acids is 2. The van der Waals surface area contributed by atoms with Gasteiger partial charge in [0.05, 0.1) is 6.04 Å². The van der Waals surface area contributed by atoms with Crippen molar-refractivity contribution in [3.8, 4) is 0 Å². The van der Waals surface area contributed by atoms with Crippen molar-refractivity contribution in [2.24, 2.45) is 17.8 Å². The van der Waals surface area contributed by atoms with E-state index < -0.39 is 5.60 Å². The summed E-state index contributed by atoms with van der Waals surface area (Å²) in [5.74, 6) is 0.563. The Kier molecular flexibility index (Phi) is 5.64. The Balaban J connectivity index is 1.23. The van der Waals surface area contributed by atoms with Crippen molar-refractivity contribution in [1.29, 1.82) is 0 Å². The SMILES string of the molecule is CC(C(=O)c1ccccc1)N1CC2C(NC(=O)C(O)(c3ccccc3)C3CCCC3)[C@H]2C1. The van der Waals surface area contributed by atoms with Gasteiger partial charge in [0, 0.05) is 30.6 Å². The number of nitrogens with one attached hydrogen (secondary N) is 1. The van der Waals surface area contributed by atoms with Gasteiger partial charge in [0.25, 0.3) is 5.91 Å². The first-order valence-corrected chi connectivity index (χ1v) is 11.9. The number of benzene rings is 2.